The van der Waals surface area contributed by atoms with Gasteiger partial charge in [0.1, 0.15) is 5.82 Å². The Hall–Kier alpha value is -2.73. The van der Waals surface area contributed by atoms with Crippen LogP contribution in [0.1, 0.15) is 18.4 Å². The minimum Gasteiger partial charge on any atom is -0.436 e. The monoisotopic (exact) mass is 400 g/mol. The molecule has 1 heterocycles. The van der Waals surface area contributed by atoms with Crippen LogP contribution in [-0.4, -0.2) is 10.9 Å². The van der Waals surface area contributed by atoms with E-state index in [1.54, 1.807) is 18.3 Å². The van der Waals surface area contributed by atoms with E-state index in [4.69, 9.17) is 4.42 Å². The first-order valence-electron chi connectivity index (χ1n) is 7.48. The number of halogens is 2. The van der Waals surface area contributed by atoms with E-state index in [0.717, 1.165) is 16.8 Å². The molecule has 2 aromatic carbocycles. The standard InChI is InChI=1S/C19H14BrFN2O2/c1-12(24)23-16-8-2-13(3-9-16)10-17(20)19-22-11-18(25-19)14-4-6-15(21)7-5-14/h2-11H,1H3,(H,23,24)/b17-10-. The van der Waals surface area contributed by atoms with Crippen molar-refractivity contribution in [1.82, 2.24) is 4.98 Å². The maximum Gasteiger partial charge on any atom is 0.233 e. The van der Waals surface area contributed by atoms with Crippen molar-refractivity contribution in [2.75, 3.05) is 5.32 Å². The highest BCUT2D eigenvalue weighted by atomic mass is 79.9. The van der Waals surface area contributed by atoms with Crippen LogP contribution >= 0.6 is 15.9 Å². The van der Waals surface area contributed by atoms with Gasteiger partial charge in [0.15, 0.2) is 5.76 Å². The van der Waals surface area contributed by atoms with Crippen LogP contribution in [0.5, 0.6) is 0 Å². The van der Waals surface area contributed by atoms with Gasteiger partial charge in [-0.05, 0) is 64.0 Å². The molecule has 0 atom stereocenters. The van der Waals surface area contributed by atoms with Crippen LogP contribution in [0.4, 0.5) is 10.1 Å². The van der Waals surface area contributed by atoms with Crippen molar-refractivity contribution in [3.05, 3.63) is 72.0 Å². The van der Waals surface area contributed by atoms with E-state index >= 15 is 0 Å². The average molecular weight is 401 g/mol. The number of hydrogen-bond acceptors (Lipinski definition) is 3. The summed E-state index contributed by atoms with van der Waals surface area (Å²) in [6.07, 6.45) is 3.45. The topological polar surface area (TPSA) is 55.1 Å². The summed E-state index contributed by atoms with van der Waals surface area (Å²) in [4.78, 5) is 15.3. The molecule has 0 aliphatic carbocycles. The number of anilines is 1. The van der Waals surface area contributed by atoms with E-state index in [2.05, 4.69) is 26.2 Å². The van der Waals surface area contributed by atoms with E-state index in [9.17, 15) is 9.18 Å². The molecule has 1 amide bonds. The Kier molecular flexibility index (Phi) is 5.09. The molecule has 0 saturated heterocycles. The Bertz CT molecular complexity index is 915. The molecule has 3 rings (SSSR count). The van der Waals surface area contributed by atoms with Crippen molar-refractivity contribution >= 4 is 38.1 Å². The van der Waals surface area contributed by atoms with Gasteiger partial charge >= 0.3 is 0 Å². The highest BCUT2D eigenvalue weighted by Crippen LogP contribution is 2.28. The van der Waals surface area contributed by atoms with Crippen LogP contribution in [0.3, 0.4) is 0 Å². The van der Waals surface area contributed by atoms with Gasteiger partial charge in [-0.2, -0.15) is 0 Å². The molecule has 0 radical (unpaired) electrons. The van der Waals surface area contributed by atoms with Gasteiger partial charge in [0.25, 0.3) is 0 Å². The number of benzene rings is 2. The second-order valence-corrected chi connectivity index (χ2v) is 6.19. The van der Waals surface area contributed by atoms with Crippen molar-refractivity contribution < 1.29 is 13.6 Å². The normalized spacial score (nSPS) is 11.4. The summed E-state index contributed by atoms with van der Waals surface area (Å²) in [5.74, 6) is 0.566. The molecule has 0 unspecified atom stereocenters. The number of aromatic nitrogens is 1. The van der Waals surface area contributed by atoms with E-state index in [1.807, 2.05) is 30.3 Å². The fourth-order valence-corrected chi connectivity index (χ4v) is 2.65. The fraction of sp³-hybridized carbons (Fsp3) is 0.0526. The van der Waals surface area contributed by atoms with Gasteiger partial charge < -0.3 is 9.73 Å². The molecule has 0 spiro atoms. The highest BCUT2D eigenvalue weighted by Gasteiger charge is 2.09. The smallest absolute Gasteiger partial charge is 0.233 e. The quantitative estimate of drug-likeness (QED) is 0.643. The molecule has 3 aromatic rings. The SMILES string of the molecule is CC(=O)Nc1ccc(/C=C(\Br)c2ncc(-c3ccc(F)cc3)o2)cc1. The van der Waals surface area contributed by atoms with Gasteiger partial charge in [0.2, 0.25) is 11.8 Å². The van der Waals surface area contributed by atoms with Crippen molar-refractivity contribution in [3.8, 4) is 11.3 Å². The zero-order valence-corrected chi connectivity index (χ0v) is 14.9. The number of hydrogen-bond donors (Lipinski definition) is 1. The minimum absolute atomic E-state index is 0.113. The molecular weight excluding hydrogens is 387 g/mol. The van der Waals surface area contributed by atoms with Gasteiger partial charge in [-0.3, -0.25) is 4.79 Å². The number of carbonyl (C=O) groups is 1. The molecule has 0 aliphatic rings. The van der Waals surface area contributed by atoms with Crippen molar-refractivity contribution in [2.24, 2.45) is 0 Å². The van der Waals surface area contributed by atoms with Crippen molar-refractivity contribution in [2.45, 2.75) is 6.92 Å². The van der Waals surface area contributed by atoms with Gasteiger partial charge in [0, 0.05) is 18.2 Å². The lowest BCUT2D eigenvalue weighted by Gasteiger charge is -2.02. The van der Waals surface area contributed by atoms with Gasteiger partial charge in [-0.15, -0.1) is 0 Å². The lowest BCUT2D eigenvalue weighted by Crippen LogP contribution is -2.05. The molecule has 1 N–H and O–H groups in total. The summed E-state index contributed by atoms with van der Waals surface area (Å²) in [6.45, 7) is 1.46. The van der Waals surface area contributed by atoms with Crippen LogP contribution in [0.2, 0.25) is 0 Å². The Labute approximate surface area is 152 Å². The van der Waals surface area contributed by atoms with Crippen LogP contribution < -0.4 is 5.32 Å². The number of amides is 1. The molecule has 126 valence electrons. The summed E-state index contributed by atoms with van der Waals surface area (Å²) >= 11 is 3.45. The number of oxazole rings is 1. The largest absolute Gasteiger partial charge is 0.436 e. The second-order valence-electron chi connectivity index (χ2n) is 5.33. The summed E-state index contributed by atoms with van der Waals surface area (Å²) in [5.41, 5.74) is 2.40. The van der Waals surface area contributed by atoms with Crippen LogP contribution in [0.25, 0.3) is 21.9 Å². The van der Waals surface area contributed by atoms with Crippen molar-refractivity contribution in [3.63, 3.8) is 0 Å². The third kappa shape index (κ3) is 4.42. The molecular formula is C19H14BrFN2O2. The Balaban J connectivity index is 1.78. The molecule has 6 heteroatoms. The number of rotatable bonds is 4. The highest BCUT2D eigenvalue weighted by molar-refractivity contribution is 9.15. The number of carbonyl (C=O) groups excluding carboxylic acids is 1. The predicted octanol–water partition coefficient (Wildman–Crippen LogP) is 5.33. The zero-order chi connectivity index (χ0) is 17.8. The first-order chi connectivity index (χ1) is 12.0. The van der Waals surface area contributed by atoms with E-state index < -0.39 is 0 Å². The molecule has 4 nitrogen and oxygen atoms in total. The fourth-order valence-electron chi connectivity index (χ4n) is 2.21. The first-order valence-corrected chi connectivity index (χ1v) is 8.27. The van der Waals surface area contributed by atoms with Gasteiger partial charge in [-0.25, -0.2) is 9.37 Å². The maximum atomic E-state index is 13.0. The number of nitrogens with one attached hydrogen (secondary N) is 1. The lowest BCUT2D eigenvalue weighted by molar-refractivity contribution is -0.114. The summed E-state index contributed by atoms with van der Waals surface area (Å²) in [6, 6.07) is 13.4. The van der Waals surface area contributed by atoms with Gasteiger partial charge in [0.05, 0.1) is 10.7 Å². The first kappa shape index (κ1) is 17.1. The zero-order valence-electron chi connectivity index (χ0n) is 13.3. The molecule has 0 aliphatic heterocycles. The maximum absolute atomic E-state index is 13.0. The van der Waals surface area contributed by atoms with Crippen molar-refractivity contribution in [1.29, 1.82) is 0 Å². The van der Waals surface area contributed by atoms with E-state index in [0.29, 0.717) is 16.1 Å². The van der Waals surface area contributed by atoms with Crippen LogP contribution in [0, 0.1) is 5.82 Å². The van der Waals surface area contributed by atoms with Gasteiger partial charge in [-0.1, -0.05) is 12.1 Å². The molecule has 0 bridgehead atoms. The summed E-state index contributed by atoms with van der Waals surface area (Å²) in [7, 11) is 0. The molecule has 1 aromatic heterocycles. The second kappa shape index (κ2) is 7.44. The summed E-state index contributed by atoms with van der Waals surface area (Å²) < 4.78 is 19.4. The number of nitrogens with zero attached hydrogens (tertiary/aromatic N) is 1. The van der Waals surface area contributed by atoms with E-state index in [1.165, 1.54) is 19.1 Å². The molecule has 0 fully saturated rings. The van der Waals surface area contributed by atoms with E-state index in [-0.39, 0.29) is 11.7 Å². The Morgan fingerprint density at radius 2 is 1.84 bits per heavy atom. The van der Waals surface area contributed by atoms with Crippen LogP contribution in [-0.2, 0) is 4.79 Å². The minimum atomic E-state index is -0.299. The average Bonchev–Trinajstić information content (AvgIpc) is 3.07. The molecule has 0 saturated carbocycles. The van der Waals surface area contributed by atoms with Crippen LogP contribution in [0.15, 0.2) is 59.1 Å². The lowest BCUT2D eigenvalue weighted by atomic mass is 10.2. The summed E-state index contributed by atoms with van der Waals surface area (Å²) in [5, 5.41) is 2.71. The Morgan fingerprint density at radius 1 is 1.16 bits per heavy atom. The third-order valence-corrected chi connectivity index (χ3v) is 3.93. The Morgan fingerprint density at radius 3 is 2.48 bits per heavy atom. The third-order valence-electron chi connectivity index (χ3n) is 3.36. The molecule has 25 heavy (non-hydrogen) atoms. The predicted molar refractivity (Wildman–Crippen MR) is 99.4 cm³/mol.